The third kappa shape index (κ3) is 1.68. The second-order valence-electron chi connectivity index (χ2n) is 3.53. The summed E-state index contributed by atoms with van der Waals surface area (Å²) in [5, 5.41) is 0. The van der Waals surface area contributed by atoms with Gasteiger partial charge in [0.15, 0.2) is 0 Å². The maximum Gasteiger partial charge on any atom is 0.00415 e. The van der Waals surface area contributed by atoms with Crippen LogP contribution >= 0.6 is 0 Å². The van der Waals surface area contributed by atoms with Gasteiger partial charge < -0.3 is 5.73 Å². The molecule has 0 heterocycles. The first-order chi connectivity index (χ1) is 4.20. The monoisotopic (exact) mass is 127 g/mol. The zero-order chi connectivity index (χ0) is 6.85. The molecule has 1 heteroatoms. The molecular weight excluding hydrogens is 110 g/mol. The van der Waals surface area contributed by atoms with Crippen LogP contribution in [0.3, 0.4) is 0 Å². The molecule has 0 radical (unpaired) electrons. The topological polar surface area (TPSA) is 26.0 Å². The summed E-state index contributed by atoms with van der Waals surface area (Å²) in [7, 11) is 0. The summed E-state index contributed by atoms with van der Waals surface area (Å²) in [5.74, 6) is 1.76. The smallest absolute Gasteiger partial charge is 0.00415 e. The van der Waals surface area contributed by atoms with Crippen LogP contribution in [-0.4, -0.2) is 6.04 Å². The molecule has 0 aliphatic heterocycles. The molecule has 2 N–H and O–H groups in total. The van der Waals surface area contributed by atoms with Gasteiger partial charge in [-0.2, -0.15) is 0 Å². The highest BCUT2D eigenvalue weighted by Gasteiger charge is 2.21. The Morgan fingerprint density at radius 2 is 1.78 bits per heavy atom. The normalized spacial score (nSPS) is 45.0. The molecule has 9 heavy (non-hydrogen) atoms. The largest absolute Gasteiger partial charge is 0.328 e. The highest BCUT2D eigenvalue weighted by atomic mass is 14.6. The minimum atomic E-state index is 0.496. The van der Waals surface area contributed by atoms with Gasteiger partial charge in [0.05, 0.1) is 0 Å². The highest BCUT2D eigenvalue weighted by Crippen LogP contribution is 2.27. The van der Waals surface area contributed by atoms with E-state index in [0.717, 1.165) is 11.8 Å². The van der Waals surface area contributed by atoms with Gasteiger partial charge >= 0.3 is 0 Å². The van der Waals surface area contributed by atoms with Crippen LogP contribution in [-0.2, 0) is 0 Å². The van der Waals surface area contributed by atoms with Crippen molar-refractivity contribution < 1.29 is 0 Å². The Bertz CT molecular complexity index is 90.6. The Labute approximate surface area is 57.6 Å². The Balaban J connectivity index is 2.35. The average Bonchev–Trinajstić information content (AvgIpc) is 1.80. The molecule has 0 aromatic rings. The van der Waals surface area contributed by atoms with Crippen molar-refractivity contribution in [2.24, 2.45) is 17.6 Å². The minimum absolute atomic E-state index is 0.496. The van der Waals surface area contributed by atoms with Crippen LogP contribution in [0.2, 0.25) is 0 Å². The maximum atomic E-state index is 5.79. The number of hydrogen-bond acceptors (Lipinski definition) is 1. The van der Waals surface area contributed by atoms with Crippen LogP contribution < -0.4 is 5.73 Å². The standard InChI is InChI=1S/C8H17N/c1-6-3-4-8(9)5-7(6)2/h6-8H,3-5,9H2,1-2H3/t6-,7+,8+/m0/s1. The minimum Gasteiger partial charge on any atom is -0.328 e. The lowest BCUT2D eigenvalue weighted by Crippen LogP contribution is -2.30. The Morgan fingerprint density at radius 1 is 1.11 bits per heavy atom. The van der Waals surface area contributed by atoms with Gasteiger partial charge in [0.1, 0.15) is 0 Å². The fourth-order valence-corrected chi connectivity index (χ4v) is 1.59. The summed E-state index contributed by atoms with van der Waals surface area (Å²) in [4.78, 5) is 0. The van der Waals surface area contributed by atoms with Gasteiger partial charge in [-0.25, -0.2) is 0 Å². The molecule has 0 spiro atoms. The van der Waals surface area contributed by atoms with Crippen molar-refractivity contribution in [2.75, 3.05) is 0 Å². The zero-order valence-corrected chi connectivity index (χ0v) is 6.43. The van der Waals surface area contributed by atoms with E-state index in [9.17, 15) is 0 Å². The molecule has 0 bridgehead atoms. The molecule has 1 aliphatic rings. The predicted octanol–water partition coefficient (Wildman–Crippen LogP) is 1.77. The van der Waals surface area contributed by atoms with Gasteiger partial charge in [-0.15, -0.1) is 0 Å². The molecule has 1 nitrogen and oxygen atoms in total. The van der Waals surface area contributed by atoms with Gasteiger partial charge in [0.2, 0.25) is 0 Å². The second-order valence-corrected chi connectivity index (χ2v) is 3.53. The first-order valence-corrected chi connectivity index (χ1v) is 3.95. The molecular formula is C8H17N. The molecule has 0 aromatic carbocycles. The molecule has 1 saturated carbocycles. The zero-order valence-electron chi connectivity index (χ0n) is 6.43. The lowest BCUT2D eigenvalue weighted by Gasteiger charge is -2.29. The molecule has 1 rings (SSSR count). The van der Waals surface area contributed by atoms with E-state index in [2.05, 4.69) is 13.8 Å². The molecule has 3 atom stereocenters. The quantitative estimate of drug-likeness (QED) is 0.527. The van der Waals surface area contributed by atoms with Gasteiger partial charge in [0.25, 0.3) is 0 Å². The van der Waals surface area contributed by atoms with Crippen LogP contribution in [0.5, 0.6) is 0 Å². The summed E-state index contributed by atoms with van der Waals surface area (Å²) in [6.07, 6.45) is 3.81. The van der Waals surface area contributed by atoms with Gasteiger partial charge in [-0.3, -0.25) is 0 Å². The molecule has 0 aromatic heterocycles. The van der Waals surface area contributed by atoms with E-state index in [0.29, 0.717) is 6.04 Å². The van der Waals surface area contributed by atoms with Crippen molar-refractivity contribution >= 4 is 0 Å². The summed E-state index contributed by atoms with van der Waals surface area (Å²) in [5.41, 5.74) is 5.79. The SMILES string of the molecule is C[C@@H]1C[C@H](N)CC[C@@H]1C. The molecule has 0 amide bonds. The summed E-state index contributed by atoms with van der Waals surface area (Å²) in [6, 6.07) is 0.496. The lowest BCUT2D eigenvalue weighted by atomic mass is 9.79. The first-order valence-electron chi connectivity index (χ1n) is 3.95. The lowest BCUT2D eigenvalue weighted by molar-refractivity contribution is 0.251. The molecule has 1 aliphatic carbocycles. The van der Waals surface area contributed by atoms with E-state index in [1.807, 2.05) is 0 Å². The van der Waals surface area contributed by atoms with Crippen LogP contribution in [0.15, 0.2) is 0 Å². The number of rotatable bonds is 0. The highest BCUT2D eigenvalue weighted by molar-refractivity contribution is 4.76. The van der Waals surface area contributed by atoms with Crippen molar-refractivity contribution in [1.29, 1.82) is 0 Å². The number of hydrogen-bond donors (Lipinski definition) is 1. The van der Waals surface area contributed by atoms with Gasteiger partial charge in [-0.1, -0.05) is 13.8 Å². The first kappa shape index (κ1) is 7.07. The fraction of sp³-hybridized carbons (Fsp3) is 1.00. The maximum absolute atomic E-state index is 5.79. The Kier molecular flexibility index (Phi) is 2.12. The Hall–Kier alpha value is -0.0400. The van der Waals surface area contributed by atoms with Gasteiger partial charge in [0, 0.05) is 6.04 Å². The predicted molar refractivity (Wildman–Crippen MR) is 40.2 cm³/mol. The van der Waals surface area contributed by atoms with Crippen molar-refractivity contribution in [2.45, 2.75) is 39.2 Å². The van der Waals surface area contributed by atoms with E-state index < -0.39 is 0 Å². The molecule has 54 valence electrons. The van der Waals surface area contributed by atoms with E-state index >= 15 is 0 Å². The molecule has 1 fully saturated rings. The molecule has 0 unspecified atom stereocenters. The average molecular weight is 127 g/mol. The second kappa shape index (κ2) is 2.70. The third-order valence-electron chi connectivity index (χ3n) is 2.64. The summed E-state index contributed by atoms with van der Waals surface area (Å²) in [6.45, 7) is 4.64. The van der Waals surface area contributed by atoms with Gasteiger partial charge in [-0.05, 0) is 31.1 Å². The van der Waals surface area contributed by atoms with E-state index in [4.69, 9.17) is 5.73 Å². The summed E-state index contributed by atoms with van der Waals surface area (Å²) >= 11 is 0. The van der Waals surface area contributed by atoms with Crippen molar-refractivity contribution in [3.63, 3.8) is 0 Å². The number of nitrogens with two attached hydrogens (primary N) is 1. The van der Waals surface area contributed by atoms with Crippen LogP contribution in [0, 0.1) is 11.8 Å². The van der Waals surface area contributed by atoms with Crippen molar-refractivity contribution in [1.82, 2.24) is 0 Å². The van der Waals surface area contributed by atoms with Crippen LogP contribution in [0.4, 0.5) is 0 Å². The van der Waals surface area contributed by atoms with Crippen molar-refractivity contribution in [3.8, 4) is 0 Å². The van der Waals surface area contributed by atoms with Crippen LogP contribution in [0.25, 0.3) is 0 Å². The van der Waals surface area contributed by atoms with E-state index in [1.54, 1.807) is 0 Å². The molecule has 0 saturated heterocycles. The Morgan fingerprint density at radius 3 is 2.22 bits per heavy atom. The summed E-state index contributed by atoms with van der Waals surface area (Å²) < 4.78 is 0. The third-order valence-corrected chi connectivity index (χ3v) is 2.64. The van der Waals surface area contributed by atoms with Crippen LogP contribution in [0.1, 0.15) is 33.1 Å². The van der Waals surface area contributed by atoms with E-state index in [1.165, 1.54) is 19.3 Å². The van der Waals surface area contributed by atoms with Crippen molar-refractivity contribution in [3.05, 3.63) is 0 Å². The fourth-order valence-electron chi connectivity index (χ4n) is 1.59. The van der Waals surface area contributed by atoms with E-state index in [-0.39, 0.29) is 0 Å².